The third-order valence-corrected chi connectivity index (χ3v) is 6.03. The number of imidazole rings is 1. The van der Waals surface area contributed by atoms with E-state index >= 15 is 0 Å². The molecule has 0 spiro atoms. The minimum Gasteiger partial charge on any atom is -0.460 e. The lowest BCUT2D eigenvalue weighted by Crippen LogP contribution is -2.39. The monoisotopic (exact) mass is 500 g/mol. The molecule has 11 heteroatoms. The standard InChI is InChI=1S/C24H32N6O4S/c1-6-14-35-21-26-19(25)18-20(27-21)29(15-16-10-8-7-9-11-16)23(33)30(18)22(32)28(5)13-12-17(31)34-24(2,3)4/h7-11H,6,12-15H2,1-5H3,(H2,25,26,27). The molecule has 2 aromatic heterocycles. The lowest BCUT2D eigenvalue weighted by Gasteiger charge is -2.21. The number of carbonyl (C=O) groups excluding carboxylic acids is 2. The zero-order valence-electron chi connectivity index (χ0n) is 20.8. The van der Waals surface area contributed by atoms with E-state index in [4.69, 9.17) is 10.5 Å². The maximum Gasteiger partial charge on any atom is 0.339 e. The molecular formula is C24H32N6O4S. The number of nitrogen functional groups attached to an aromatic ring is 1. The summed E-state index contributed by atoms with van der Waals surface area (Å²) in [5.74, 6) is 0.406. The highest BCUT2D eigenvalue weighted by Crippen LogP contribution is 2.23. The number of benzene rings is 1. The molecule has 0 fully saturated rings. The predicted molar refractivity (Wildman–Crippen MR) is 137 cm³/mol. The first kappa shape index (κ1) is 26.3. The highest BCUT2D eigenvalue weighted by atomic mass is 32.2. The molecule has 0 unspecified atom stereocenters. The Kier molecular flexibility index (Phi) is 8.21. The van der Waals surface area contributed by atoms with E-state index in [2.05, 4.69) is 9.97 Å². The number of amides is 1. The quantitative estimate of drug-likeness (QED) is 0.284. The van der Waals surface area contributed by atoms with Crippen molar-refractivity contribution >= 4 is 40.7 Å². The van der Waals surface area contributed by atoms with Crippen LogP contribution in [0.4, 0.5) is 10.6 Å². The Morgan fingerprint density at radius 2 is 1.86 bits per heavy atom. The van der Waals surface area contributed by atoms with Crippen LogP contribution in [0.25, 0.3) is 11.2 Å². The van der Waals surface area contributed by atoms with Gasteiger partial charge in [-0.15, -0.1) is 0 Å². The Bertz CT molecular complexity index is 1260. The zero-order chi connectivity index (χ0) is 25.8. The van der Waals surface area contributed by atoms with Crippen molar-refractivity contribution in [3.63, 3.8) is 0 Å². The number of hydrogen-bond acceptors (Lipinski definition) is 8. The zero-order valence-corrected chi connectivity index (χ0v) is 21.6. The van der Waals surface area contributed by atoms with Crippen molar-refractivity contribution in [2.24, 2.45) is 0 Å². The molecule has 3 aromatic rings. The number of aromatic nitrogens is 4. The van der Waals surface area contributed by atoms with Gasteiger partial charge < -0.3 is 15.4 Å². The number of fused-ring (bicyclic) bond motifs is 1. The molecule has 35 heavy (non-hydrogen) atoms. The third-order valence-electron chi connectivity index (χ3n) is 4.98. The normalized spacial score (nSPS) is 11.6. The van der Waals surface area contributed by atoms with Gasteiger partial charge in [-0.2, -0.15) is 0 Å². The molecule has 0 saturated carbocycles. The van der Waals surface area contributed by atoms with Gasteiger partial charge in [0.15, 0.2) is 16.6 Å². The lowest BCUT2D eigenvalue weighted by molar-refractivity contribution is -0.154. The average molecular weight is 501 g/mol. The summed E-state index contributed by atoms with van der Waals surface area (Å²) in [6, 6.07) is 8.80. The fourth-order valence-corrected chi connectivity index (χ4v) is 4.11. The molecule has 10 nitrogen and oxygen atoms in total. The molecule has 2 N–H and O–H groups in total. The summed E-state index contributed by atoms with van der Waals surface area (Å²) in [5, 5.41) is 0.446. The molecule has 0 saturated heterocycles. The van der Waals surface area contributed by atoms with Gasteiger partial charge in [-0.05, 0) is 32.8 Å². The second-order valence-electron chi connectivity index (χ2n) is 9.14. The average Bonchev–Trinajstić information content (AvgIpc) is 3.07. The van der Waals surface area contributed by atoms with Gasteiger partial charge in [0, 0.05) is 19.3 Å². The van der Waals surface area contributed by atoms with Crippen LogP contribution in [0.15, 0.2) is 40.3 Å². The second-order valence-corrected chi connectivity index (χ2v) is 10.2. The lowest BCUT2D eigenvalue weighted by atomic mass is 10.2. The van der Waals surface area contributed by atoms with Gasteiger partial charge in [-0.25, -0.2) is 24.1 Å². The van der Waals surface area contributed by atoms with Crippen LogP contribution < -0.4 is 11.4 Å². The van der Waals surface area contributed by atoms with Crippen molar-refractivity contribution in [3.8, 4) is 0 Å². The van der Waals surface area contributed by atoms with Gasteiger partial charge in [0.05, 0.1) is 13.0 Å². The van der Waals surface area contributed by atoms with Crippen LogP contribution in [0.5, 0.6) is 0 Å². The van der Waals surface area contributed by atoms with Crippen LogP contribution in [-0.4, -0.2) is 60.9 Å². The van der Waals surface area contributed by atoms with Crippen molar-refractivity contribution in [3.05, 3.63) is 46.4 Å². The first-order chi connectivity index (χ1) is 16.5. The van der Waals surface area contributed by atoms with Crippen molar-refractivity contribution in [1.82, 2.24) is 24.0 Å². The van der Waals surface area contributed by atoms with E-state index in [1.54, 1.807) is 20.8 Å². The van der Waals surface area contributed by atoms with Gasteiger partial charge in [0.25, 0.3) is 0 Å². The Labute approximate surface area is 208 Å². The topological polar surface area (TPSA) is 125 Å². The highest BCUT2D eigenvalue weighted by molar-refractivity contribution is 7.99. The summed E-state index contributed by atoms with van der Waals surface area (Å²) in [6.45, 7) is 7.65. The Morgan fingerprint density at radius 3 is 2.49 bits per heavy atom. The van der Waals surface area contributed by atoms with Crippen molar-refractivity contribution in [2.45, 2.75) is 57.8 Å². The van der Waals surface area contributed by atoms with Crippen molar-refractivity contribution < 1.29 is 14.3 Å². The number of nitrogens with zero attached hydrogens (tertiary/aromatic N) is 5. The van der Waals surface area contributed by atoms with Gasteiger partial charge in [-0.1, -0.05) is 49.0 Å². The number of anilines is 1. The van der Waals surface area contributed by atoms with Crippen LogP contribution in [0.1, 0.15) is 46.1 Å². The van der Waals surface area contributed by atoms with E-state index in [0.717, 1.165) is 22.3 Å². The molecule has 3 rings (SSSR count). The number of esters is 1. The van der Waals surface area contributed by atoms with Crippen LogP contribution in [-0.2, 0) is 16.1 Å². The van der Waals surface area contributed by atoms with Gasteiger partial charge in [-0.3, -0.25) is 9.36 Å². The number of nitrogens with two attached hydrogens (primary N) is 1. The van der Waals surface area contributed by atoms with Crippen LogP contribution in [0.3, 0.4) is 0 Å². The van der Waals surface area contributed by atoms with Gasteiger partial charge >= 0.3 is 17.7 Å². The summed E-state index contributed by atoms with van der Waals surface area (Å²) in [7, 11) is 1.52. The van der Waals surface area contributed by atoms with E-state index in [1.165, 1.54) is 28.3 Å². The smallest absolute Gasteiger partial charge is 0.339 e. The first-order valence-corrected chi connectivity index (χ1v) is 12.4. The Morgan fingerprint density at radius 1 is 1.17 bits per heavy atom. The highest BCUT2D eigenvalue weighted by Gasteiger charge is 2.26. The molecule has 0 bridgehead atoms. The van der Waals surface area contributed by atoms with Crippen molar-refractivity contribution in [2.75, 3.05) is 25.1 Å². The maximum absolute atomic E-state index is 13.5. The third kappa shape index (κ3) is 6.41. The number of carbonyl (C=O) groups is 2. The molecule has 1 aromatic carbocycles. The Hall–Kier alpha value is -3.34. The first-order valence-electron chi connectivity index (χ1n) is 11.4. The molecule has 188 valence electrons. The Balaban J connectivity index is 2.01. The van der Waals surface area contributed by atoms with E-state index in [0.29, 0.717) is 10.8 Å². The molecule has 0 aliphatic rings. The number of ether oxygens (including phenoxy) is 1. The van der Waals surface area contributed by atoms with E-state index in [1.807, 2.05) is 37.3 Å². The number of hydrogen-bond donors (Lipinski definition) is 1. The maximum atomic E-state index is 13.5. The molecule has 0 aliphatic carbocycles. The fourth-order valence-electron chi connectivity index (χ4n) is 3.41. The molecular weight excluding hydrogens is 468 g/mol. The predicted octanol–water partition coefficient (Wildman–Crippen LogP) is 3.36. The minimum atomic E-state index is -0.625. The number of rotatable bonds is 8. The largest absolute Gasteiger partial charge is 0.460 e. The molecule has 2 heterocycles. The summed E-state index contributed by atoms with van der Waals surface area (Å²) in [4.78, 5) is 49.2. The van der Waals surface area contributed by atoms with Gasteiger partial charge in [0.2, 0.25) is 0 Å². The fraction of sp³-hybridized carbons (Fsp3) is 0.458. The van der Waals surface area contributed by atoms with Crippen molar-refractivity contribution in [1.29, 1.82) is 0 Å². The number of thioether (sulfide) groups is 1. The molecule has 0 aliphatic heterocycles. The van der Waals surface area contributed by atoms with E-state index in [9.17, 15) is 14.4 Å². The molecule has 1 amide bonds. The van der Waals surface area contributed by atoms with E-state index in [-0.39, 0.29) is 30.8 Å². The van der Waals surface area contributed by atoms with Crippen LogP contribution in [0.2, 0.25) is 0 Å². The summed E-state index contributed by atoms with van der Waals surface area (Å²) in [6.07, 6.45) is 0.908. The molecule has 0 atom stereocenters. The minimum absolute atomic E-state index is 0.0132. The second kappa shape index (κ2) is 10.9. The molecule has 0 radical (unpaired) electrons. The van der Waals surface area contributed by atoms with Gasteiger partial charge in [0.1, 0.15) is 11.1 Å². The van der Waals surface area contributed by atoms with E-state index < -0.39 is 23.3 Å². The summed E-state index contributed by atoms with van der Waals surface area (Å²) >= 11 is 1.44. The summed E-state index contributed by atoms with van der Waals surface area (Å²) in [5.41, 5.74) is 6.37. The van der Waals surface area contributed by atoms with Crippen LogP contribution in [0, 0.1) is 0 Å². The SMILES string of the molecule is CCCSc1nc(N)c2c(n1)n(Cc1ccccc1)c(=O)n2C(=O)N(C)CCC(=O)OC(C)(C)C. The van der Waals surface area contributed by atoms with Crippen LogP contribution >= 0.6 is 11.8 Å². The summed E-state index contributed by atoms with van der Waals surface area (Å²) < 4.78 is 7.72.